The number of nitrogens with zero attached hydrogens (tertiary/aromatic N) is 3. The second-order valence-electron chi connectivity index (χ2n) is 6.57. The van der Waals surface area contributed by atoms with Gasteiger partial charge in [0, 0.05) is 18.7 Å². The van der Waals surface area contributed by atoms with Crippen LogP contribution in [0.2, 0.25) is 0 Å². The highest BCUT2D eigenvalue weighted by atomic mass is 16.2. The molecule has 4 nitrogen and oxygen atoms in total. The molecular weight excluding hydrogens is 310 g/mol. The third-order valence-electron chi connectivity index (χ3n) is 4.85. The van der Waals surface area contributed by atoms with Gasteiger partial charge in [0.05, 0.1) is 23.4 Å². The number of para-hydroxylation sites is 2. The third kappa shape index (κ3) is 3.07. The van der Waals surface area contributed by atoms with Crippen molar-refractivity contribution < 1.29 is 4.79 Å². The minimum Gasteiger partial charge on any atom is -0.337 e. The maximum absolute atomic E-state index is 12.8. The second kappa shape index (κ2) is 6.55. The Bertz CT molecular complexity index is 926. The van der Waals surface area contributed by atoms with Crippen LogP contribution in [0.15, 0.2) is 66.5 Å². The molecule has 0 radical (unpaired) electrons. The topological polar surface area (TPSA) is 38.1 Å². The summed E-state index contributed by atoms with van der Waals surface area (Å²) >= 11 is 0. The van der Waals surface area contributed by atoms with Crippen molar-refractivity contribution in [1.29, 1.82) is 0 Å². The maximum atomic E-state index is 12.8. The third-order valence-corrected chi connectivity index (χ3v) is 4.85. The first kappa shape index (κ1) is 15.6. The van der Waals surface area contributed by atoms with Crippen LogP contribution in [0.25, 0.3) is 17.1 Å². The summed E-state index contributed by atoms with van der Waals surface area (Å²) in [5, 5.41) is 0. The van der Waals surface area contributed by atoms with Crippen molar-refractivity contribution in [1.82, 2.24) is 14.5 Å². The molecule has 4 rings (SSSR count). The predicted molar refractivity (Wildman–Crippen MR) is 100 cm³/mol. The van der Waals surface area contributed by atoms with Gasteiger partial charge >= 0.3 is 0 Å². The fraction of sp³-hybridized carbons (Fsp3) is 0.238. The normalized spacial score (nSPS) is 18.0. The summed E-state index contributed by atoms with van der Waals surface area (Å²) in [6, 6.07) is 18.4. The molecule has 1 amide bonds. The lowest BCUT2D eigenvalue weighted by Gasteiger charge is -2.18. The molecule has 1 atom stereocenters. The van der Waals surface area contributed by atoms with Gasteiger partial charge in [-0.15, -0.1) is 0 Å². The zero-order valence-corrected chi connectivity index (χ0v) is 14.3. The van der Waals surface area contributed by atoms with Crippen LogP contribution >= 0.6 is 0 Å². The highest BCUT2D eigenvalue weighted by molar-refractivity contribution is 5.97. The van der Waals surface area contributed by atoms with E-state index in [0.717, 1.165) is 41.7 Å². The monoisotopic (exact) mass is 331 g/mol. The number of carbonyl (C=O) groups excluding carboxylic acids is 1. The van der Waals surface area contributed by atoms with Gasteiger partial charge in [-0.25, -0.2) is 4.98 Å². The zero-order chi connectivity index (χ0) is 17.2. The van der Waals surface area contributed by atoms with Gasteiger partial charge in [0.1, 0.15) is 0 Å². The first-order valence-corrected chi connectivity index (χ1v) is 8.66. The Morgan fingerprint density at radius 2 is 1.88 bits per heavy atom. The Balaban J connectivity index is 1.50. The first-order valence-electron chi connectivity index (χ1n) is 8.66. The number of rotatable bonds is 3. The van der Waals surface area contributed by atoms with Crippen molar-refractivity contribution in [2.24, 2.45) is 0 Å². The number of hydrogen-bond donors (Lipinski definition) is 0. The molecule has 0 N–H and O–H groups in total. The summed E-state index contributed by atoms with van der Waals surface area (Å²) in [5.41, 5.74) is 3.98. The highest BCUT2D eigenvalue weighted by Gasteiger charge is 2.28. The molecule has 126 valence electrons. The lowest BCUT2D eigenvalue weighted by atomic mass is 10.1. The van der Waals surface area contributed by atoms with E-state index in [1.165, 1.54) is 0 Å². The molecule has 0 saturated carbocycles. The summed E-state index contributed by atoms with van der Waals surface area (Å²) in [7, 11) is 0. The van der Waals surface area contributed by atoms with Gasteiger partial charge in [0.2, 0.25) is 5.91 Å². The van der Waals surface area contributed by atoms with Crippen molar-refractivity contribution in [3.05, 3.63) is 72.1 Å². The summed E-state index contributed by atoms with van der Waals surface area (Å²) in [5.74, 6) is 0.121. The van der Waals surface area contributed by atoms with Gasteiger partial charge in [-0.2, -0.15) is 0 Å². The number of imidazole rings is 1. The van der Waals surface area contributed by atoms with E-state index in [0.29, 0.717) is 6.04 Å². The van der Waals surface area contributed by atoms with Gasteiger partial charge in [0.15, 0.2) is 0 Å². The summed E-state index contributed by atoms with van der Waals surface area (Å²) < 4.78 is 2.21. The van der Waals surface area contributed by atoms with Gasteiger partial charge in [-0.3, -0.25) is 4.79 Å². The summed E-state index contributed by atoms with van der Waals surface area (Å²) in [6.07, 6.45) is 4.82. The van der Waals surface area contributed by atoms with Crippen LogP contribution in [0.1, 0.15) is 24.9 Å². The van der Waals surface area contributed by atoms with E-state index in [2.05, 4.69) is 15.6 Å². The Hall–Kier alpha value is -2.88. The van der Waals surface area contributed by atoms with Crippen LogP contribution in [0.3, 0.4) is 0 Å². The molecule has 0 aliphatic carbocycles. The van der Waals surface area contributed by atoms with E-state index < -0.39 is 0 Å². The molecule has 1 fully saturated rings. The van der Waals surface area contributed by atoms with E-state index >= 15 is 0 Å². The van der Waals surface area contributed by atoms with Crippen LogP contribution in [0.5, 0.6) is 0 Å². The molecule has 1 aliphatic rings. The molecule has 1 aromatic heterocycles. The minimum absolute atomic E-state index is 0.121. The minimum atomic E-state index is 0.121. The number of fused-ring (bicyclic) bond motifs is 1. The molecular formula is C21H21N3O. The van der Waals surface area contributed by atoms with E-state index in [9.17, 15) is 4.79 Å². The van der Waals surface area contributed by atoms with Gasteiger partial charge in [0.25, 0.3) is 0 Å². The summed E-state index contributed by atoms with van der Waals surface area (Å²) in [6.45, 7) is 3.42. The largest absolute Gasteiger partial charge is 0.337 e. The number of hydrogen-bond acceptors (Lipinski definition) is 2. The van der Waals surface area contributed by atoms with Gasteiger partial charge in [-0.1, -0.05) is 42.5 Å². The molecule has 0 bridgehead atoms. The number of carbonyl (C=O) groups is 1. The number of benzene rings is 2. The summed E-state index contributed by atoms with van der Waals surface area (Å²) in [4.78, 5) is 19.2. The quantitative estimate of drug-likeness (QED) is 0.682. The van der Waals surface area contributed by atoms with Crippen molar-refractivity contribution in [2.45, 2.75) is 19.4 Å². The van der Waals surface area contributed by atoms with Crippen molar-refractivity contribution >= 4 is 23.0 Å². The number of amides is 1. The molecule has 3 aromatic rings. The Labute approximate surface area is 147 Å². The fourth-order valence-electron chi connectivity index (χ4n) is 3.53. The molecule has 1 saturated heterocycles. The SMILES string of the molecule is C/C(=C\c1ccccc1)C(=O)N1CC[C@H](n2cnc3ccccc32)C1. The van der Waals surface area contributed by atoms with Crippen LogP contribution < -0.4 is 0 Å². The molecule has 0 unspecified atom stereocenters. The standard InChI is InChI=1S/C21H21N3O/c1-16(13-17-7-3-2-4-8-17)21(25)23-12-11-18(14-23)24-15-22-19-9-5-6-10-20(19)24/h2-10,13,15,18H,11-12,14H2,1H3/b16-13+/t18-/m0/s1. The fourth-order valence-corrected chi connectivity index (χ4v) is 3.53. The molecule has 25 heavy (non-hydrogen) atoms. The maximum Gasteiger partial charge on any atom is 0.249 e. The second-order valence-corrected chi connectivity index (χ2v) is 6.57. The van der Waals surface area contributed by atoms with Crippen molar-refractivity contribution in [3.63, 3.8) is 0 Å². The predicted octanol–water partition coefficient (Wildman–Crippen LogP) is 3.91. The molecule has 2 aromatic carbocycles. The lowest BCUT2D eigenvalue weighted by Crippen LogP contribution is -2.29. The van der Waals surface area contributed by atoms with E-state index in [4.69, 9.17) is 0 Å². The number of likely N-dealkylation sites (tertiary alicyclic amines) is 1. The number of aromatic nitrogens is 2. The molecule has 1 aliphatic heterocycles. The van der Waals surface area contributed by atoms with Gasteiger partial charge < -0.3 is 9.47 Å². The first-order chi connectivity index (χ1) is 12.2. The highest BCUT2D eigenvalue weighted by Crippen LogP contribution is 2.26. The van der Waals surface area contributed by atoms with E-state index in [1.54, 1.807) is 0 Å². The lowest BCUT2D eigenvalue weighted by molar-refractivity contribution is -0.126. The van der Waals surface area contributed by atoms with E-state index in [1.807, 2.05) is 72.8 Å². The molecule has 4 heteroatoms. The van der Waals surface area contributed by atoms with Crippen molar-refractivity contribution in [2.75, 3.05) is 13.1 Å². The smallest absolute Gasteiger partial charge is 0.249 e. The van der Waals surface area contributed by atoms with Crippen molar-refractivity contribution in [3.8, 4) is 0 Å². The van der Waals surface area contributed by atoms with Crippen LogP contribution in [0.4, 0.5) is 0 Å². The van der Waals surface area contributed by atoms with Crippen LogP contribution in [-0.4, -0.2) is 33.4 Å². The Kier molecular flexibility index (Phi) is 4.10. The van der Waals surface area contributed by atoms with E-state index in [-0.39, 0.29) is 5.91 Å². The average Bonchev–Trinajstić information content (AvgIpc) is 3.28. The van der Waals surface area contributed by atoms with Crippen LogP contribution in [0, 0.1) is 0 Å². The molecule has 2 heterocycles. The Morgan fingerprint density at radius 1 is 1.12 bits per heavy atom. The zero-order valence-electron chi connectivity index (χ0n) is 14.3. The average molecular weight is 331 g/mol. The molecule has 0 spiro atoms. The van der Waals surface area contributed by atoms with Gasteiger partial charge in [-0.05, 0) is 37.1 Å². The van der Waals surface area contributed by atoms with Crippen LogP contribution in [-0.2, 0) is 4.79 Å². The Morgan fingerprint density at radius 3 is 2.72 bits per heavy atom.